The van der Waals surface area contributed by atoms with Gasteiger partial charge < -0.3 is 15.0 Å². The predicted molar refractivity (Wildman–Crippen MR) is 71.7 cm³/mol. The van der Waals surface area contributed by atoms with Crippen LogP contribution in [-0.2, 0) is 4.74 Å². The molecule has 1 heterocycles. The van der Waals surface area contributed by atoms with Crippen LogP contribution in [0.25, 0.3) is 0 Å². The van der Waals surface area contributed by atoms with Gasteiger partial charge in [0.15, 0.2) is 0 Å². The Kier molecular flexibility index (Phi) is 4.57. The fraction of sp³-hybridized carbons (Fsp3) is 0.500. The van der Waals surface area contributed by atoms with E-state index >= 15 is 0 Å². The Balaban J connectivity index is 2.09. The van der Waals surface area contributed by atoms with Crippen LogP contribution in [0.2, 0.25) is 0 Å². The number of hydrogen-bond acceptors (Lipinski definition) is 4. The Morgan fingerprint density at radius 3 is 2.89 bits per heavy atom. The molecule has 0 saturated carbocycles. The molecule has 1 aromatic rings. The average molecular weight is 245 g/mol. The molecule has 0 aliphatic carbocycles. The van der Waals surface area contributed by atoms with Gasteiger partial charge in [-0.05, 0) is 44.3 Å². The van der Waals surface area contributed by atoms with Crippen LogP contribution in [0.3, 0.4) is 0 Å². The number of hydrogen-bond donors (Lipinski definition) is 1. The van der Waals surface area contributed by atoms with Crippen molar-refractivity contribution in [2.75, 3.05) is 38.3 Å². The van der Waals surface area contributed by atoms with Crippen molar-refractivity contribution in [3.8, 4) is 6.07 Å². The van der Waals surface area contributed by atoms with Crippen molar-refractivity contribution in [2.45, 2.75) is 12.5 Å². The summed E-state index contributed by atoms with van der Waals surface area (Å²) in [5, 5.41) is 12.0. The number of nitrogens with one attached hydrogen (secondary N) is 1. The van der Waals surface area contributed by atoms with Crippen LogP contribution >= 0.6 is 0 Å². The van der Waals surface area contributed by atoms with Crippen molar-refractivity contribution in [1.82, 2.24) is 5.32 Å². The predicted octanol–water partition coefficient (Wildman–Crippen LogP) is 1.37. The maximum atomic E-state index is 8.82. The summed E-state index contributed by atoms with van der Waals surface area (Å²) in [6.07, 6.45) is 1.07. The second-order valence-corrected chi connectivity index (χ2v) is 4.47. The lowest BCUT2D eigenvalue weighted by atomic mass is 10.1. The summed E-state index contributed by atoms with van der Waals surface area (Å²) < 4.78 is 5.55. The van der Waals surface area contributed by atoms with Crippen molar-refractivity contribution in [3.63, 3.8) is 0 Å². The summed E-state index contributed by atoms with van der Waals surface area (Å²) >= 11 is 0. The van der Waals surface area contributed by atoms with Gasteiger partial charge in [0.2, 0.25) is 0 Å². The molecular formula is C14H19N3O. The maximum Gasteiger partial charge on any atom is 0.0991 e. The molecule has 1 N–H and O–H groups in total. The van der Waals surface area contributed by atoms with E-state index < -0.39 is 0 Å². The molecule has 0 amide bonds. The molecule has 0 radical (unpaired) electrons. The lowest BCUT2D eigenvalue weighted by molar-refractivity contribution is 0.0917. The lowest BCUT2D eigenvalue weighted by Gasteiger charge is -2.37. The minimum absolute atomic E-state index is 0.416. The van der Waals surface area contributed by atoms with Crippen molar-refractivity contribution < 1.29 is 4.74 Å². The van der Waals surface area contributed by atoms with Crippen LogP contribution in [0.4, 0.5) is 5.69 Å². The zero-order valence-corrected chi connectivity index (χ0v) is 10.7. The molecule has 0 bridgehead atoms. The number of nitriles is 1. The van der Waals surface area contributed by atoms with Crippen LogP contribution in [0.15, 0.2) is 24.3 Å². The highest BCUT2D eigenvalue weighted by Gasteiger charge is 2.22. The zero-order chi connectivity index (χ0) is 12.8. The molecule has 96 valence electrons. The quantitative estimate of drug-likeness (QED) is 0.870. The fourth-order valence-corrected chi connectivity index (χ4v) is 2.27. The highest BCUT2D eigenvalue weighted by atomic mass is 16.5. The fourth-order valence-electron chi connectivity index (χ4n) is 2.27. The third-order valence-electron chi connectivity index (χ3n) is 3.28. The van der Waals surface area contributed by atoms with Gasteiger partial charge in [0.05, 0.1) is 30.9 Å². The molecule has 0 aromatic heterocycles. The molecule has 1 saturated heterocycles. The number of nitrogens with zero attached hydrogens (tertiary/aromatic N) is 2. The first-order chi connectivity index (χ1) is 8.85. The molecule has 4 heteroatoms. The Hall–Kier alpha value is -1.57. The Bertz CT molecular complexity index is 410. The van der Waals surface area contributed by atoms with E-state index in [1.54, 1.807) is 0 Å². The minimum atomic E-state index is 0.416. The molecular weight excluding hydrogens is 226 g/mol. The molecule has 0 spiro atoms. The lowest BCUT2D eigenvalue weighted by Crippen LogP contribution is -2.46. The third-order valence-corrected chi connectivity index (χ3v) is 3.28. The van der Waals surface area contributed by atoms with E-state index in [-0.39, 0.29) is 0 Å². The van der Waals surface area contributed by atoms with Crippen molar-refractivity contribution in [2.24, 2.45) is 0 Å². The number of anilines is 1. The van der Waals surface area contributed by atoms with E-state index in [2.05, 4.69) is 16.3 Å². The molecule has 1 atom stereocenters. The Morgan fingerprint density at radius 2 is 2.22 bits per heavy atom. The van der Waals surface area contributed by atoms with E-state index in [1.807, 2.05) is 31.3 Å². The van der Waals surface area contributed by atoms with Gasteiger partial charge in [-0.15, -0.1) is 0 Å². The zero-order valence-electron chi connectivity index (χ0n) is 10.7. The Labute approximate surface area is 108 Å². The second-order valence-electron chi connectivity index (χ2n) is 4.47. The van der Waals surface area contributed by atoms with E-state index in [0.29, 0.717) is 11.6 Å². The molecule has 1 aliphatic heterocycles. The largest absolute Gasteiger partial charge is 0.377 e. The maximum absolute atomic E-state index is 8.82. The summed E-state index contributed by atoms with van der Waals surface area (Å²) in [7, 11) is 1.97. The Morgan fingerprint density at radius 1 is 1.44 bits per heavy atom. The molecule has 1 fully saturated rings. The van der Waals surface area contributed by atoms with Gasteiger partial charge in [0.25, 0.3) is 0 Å². The first kappa shape index (κ1) is 12.9. The van der Waals surface area contributed by atoms with Gasteiger partial charge >= 0.3 is 0 Å². The molecule has 2 rings (SSSR count). The highest BCUT2D eigenvalue weighted by Crippen LogP contribution is 2.21. The molecule has 4 nitrogen and oxygen atoms in total. The minimum Gasteiger partial charge on any atom is -0.377 e. The van der Waals surface area contributed by atoms with Crippen LogP contribution < -0.4 is 10.2 Å². The summed E-state index contributed by atoms with van der Waals surface area (Å²) in [5.41, 5.74) is 1.89. The first-order valence-corrected chi connectivity index (χ1v) is 6.34. The van der Waals surface area contributed by atoms with Crippen molar-refractivity contribution >= 4 is 5.69 Å². The molecule has 1 aromatic carbocycles. The van der Waals surface area contributed by atoms with E-state index in [1.165, 1.54) is 5.69 Å². The van der Waals surface area contributed by atoms with E-state index in [0.717, 1.165) is 32.7 Å². The number of morpholine rings is 1. The van der Waals surface area contributed by atoms with Crippen LogP contribution in [0, 0.1) is 11.3 Å². The topological polar surface area (TPSA) is 48.3 Å². The SMILES string of the molecule is CNCCC1COCCN1c1ccc(C#N)cc1. The van der Waals surface area contributed by atoms with Gasteiger partial charge in [-0.25, -0.2) is 0 Å². The summed E-state index contributed by atoms with van der Waals surface area (Å²) in [6, 6.07) is 10.4. The number of rotatable bonds is 4. The summed E-state index contributed by atoms with van der Waals surface area (Å²) in [6.45, 7) is 3.46. The average Bonchev–Trinajstić information content (AvgIpc) is 2.45. The first-order valence-electron chi connectivity index (χ1n) is 6.34. The standard InChI is InChI=1S/C14H19N3O/c1-16-7-6-14-11-18-9-8-17(14)13-4-2-12(10-15)3-5-13/h2-5,14,16H,6-9,11H2,1H3. The van der Waals surface area contributed by atoms with Gasteiger partial charge in [0.1, 0.15) is 0 Å². The smallest absolute Gasteiger partial charge is 0.0991 e. The van der Waals surface area contributed by atoms with Gasteiger partial charge in [-0.2, -0.15) is 5.26 Å². The molecule has 18 heavy (non-hydrogen) atoms. The molecule has 1 aliphatic rings. The van der Waals surface area contributed by atoms with E-state index in [9.17, 15) is 0 Å². The van der Waals surface area contributed by atoms with Crippen LogP contribution in [-0.4, -0.2) is 39.4 Å². The van der Waals surface area contributed by atoms with Crippen molar-refractivity contribution in [3.05, 3.63) is 29.8 Å². The van der Waals surface area contributed by atoms with E-state index in [4.69, 9.17) is 10.00 Å². The highest BCUT2D eigenvalue weighted by molar-refractivity contribution is 5.50. The second kappa shape index (κ2) is 6.39. The number of benzene rings is 1. The van der Waals surface area contributed by atoms with Crippen LogP contribution in [0.1, 0.15) is 12.0 Å². The normalized spacial score (nSPS) is 19.6. The summed E-state index contributed by atoms with van der Waals surface area (Å²) in [5.74, 6) is 0. The summed E-state index contributed by atoms with van der Waals surface area (Å²) in [4.78, 5) is 2.38. The van der Waals surface area contributed by atoms with Gasteiger partial charge in [-0.3, -0.25) is 0 Å². The third kappa shape index (κ3) is 3.00. The van der Waals surface area contributed by atoms with Gasteiger partial charge in [0, 0.05) is 12.2 Å². The molecule has 1 unspecified atom stereocenters. The number of ether oxygens (including phenoxy) is 1. The van der Waals surface area contributed by atoms with Crippen LogP contribution in [0.5, 0.6) is 0 Å². The monoisotopic (exact) mass is 245 g/mol. The van der Waals surface area contributed by atoms with Crippen molar-refractivity contribution in [1.29, 1.82) is 5.26 Å². The van der Waals surface area contributed by atoms with Gasteiger partial charge in [-0.1, -0.05) is 0 Å².